The Balaban J connectivity index is 2.55. The predicted octanol–water partition coefficient (Wildman–Crippen LogP) is 4.40. The van der Waals surface area contributed by atoms with Crippen LogP contribution in [0.2, 0.25) is 0 Å². The van der Waals surface area contributed by atoms with Crippen molar-refractivity contribution in [2.24, 2.45) is 0 Å². The molecule has 0 aliphatic heterocycles. The molecule has 0 heterocycles. The van der Waals surface area contributed by atoms with Gasteiger partial charge in [0.25, 0.3) is 0 Å². The molecule has 0 saturated heterocycles. The summed E-state index contributed by atoms with van der Waals surface area (Å²) in [5.74, 6) is 0. The highest BCUT2D eigenvalue weighted by Crippen LogP contribution is 2.33. The Morgan fingerprint density at radius 2 is 1.58 bits per heavy atom. The van der Waals surface area contributed by atoms with E-state index >= 15 is 0 Å². The summed E-state index contributed by atoms with van der Waals surface area (Å²) in [6.07, 6.45) is 1.87. The molecule has 0 unspecified atom stereocenters. The quantitative estimate of drug-likeness (QED) is 0.844. The molecule has 1 N–H and O–H groups in total. The molecule has 0 saturated carbocycles. The van der Waals surface area contributed by atoms with Crippen molar-refractivity contribution in [2.75, 3.05) is 6.26 Å². The summed E-state index contributed by atoms with van der Waals surface area (Å²) in [6.45, 7) is 10.6. The fourth-order valence-corrected chi connectivity index (χ4v) is 4.14. The molecule has 0 radical (unpaired) electrons. The smallest absolute Gasteiger partial charge is 0.175 e. The first kappa shape index (κ1) is 20.7. The molecular formula is C22H30O3S. The highest BCUT2D eigenvalue weighted by Gasteiger charge is 2.26. The van der Waals surface area contributed by atoms with Crippen LogP contribution in [-0.4, -0.2) is 19.8 Å². The minimum absolute atomic E-state index is 0.00197. The summed E-state index contributed by atoms with van der Waals surface area (Å²) in [7, 11) is -3.30. The van der Waals surface area contributed by atoms with Gasteiger partial charge in [0.1, 0.15) is 0 Å². The lowest BCUT2D eigenvalue weighted by Gasteiger charge is -2.28. The van der Waals surface area contributed by atoms with E-state index in [2.05, 4.69) is 34.6 Å². The van der Waals surface area contributed by atoms with E-state index in [0.29, 0.717) is 11.3 Å². The van der Waals surface area contributed by atoms with Gasteiger partial charge in [0, 0.05) is 6.26 Å². The Kier molecular flexibility index (Phi) is 5.69. The number of hydrogen-bond acceptors (Lipinski definition) is 3. The Morgan fingerprint density at radius 1 is 0.923 bits per heavy atom. The molecular weight excluding hydrogens is 344 g/mol. The highest BCUT2D eigenvalue weighted by atomic mass is 32.2. The molecule has 26 heavy (non-hydrogen) atoms. The van der Waals surface area contributed by atoms with Crippen LogP contribution in [0.1, 0.15) is 56.9 Å². The van der Waals surface area contributed by atoms with Crippen LogP contribution < -0.4 is 0 Å². The van der Waals surface area contributed by atoms with Gasteiger partial charge in [0.05, 0.1) is 11.5 Å². The van der Waals surface area contributed by atoms with Gasteiger partial charge in [-0.05, 0) is 45.6 Å². The average Bonchev–Trinajstić information content (AvgIpc) is 2.52. The predicted molar refractivity (Wildman–Crippen MR) is 107 cm³/mol. The maximum atomic E-state index is 12.3. The van der Waals surface area contributed by atoms with Gasteiger partial charge in [-0.15, -0.1) is 0 Å². The molecule has 2 rings (SSSR count). The highest BCUT2D eigenvalue weighted by molar-refractivity contribution is 7.90. The summed E-state index contributed by atoms with van der Waals surface area (Å²) in [5, 5.41) is 9.41. The lowest BCUT2D eigenvalue weighted by atomic mass is 9.77. The summed E-state index contributed by atoms with van der Waals surface area (Å²) in [6, 6.07) is 13.5. The molecule has 0 aliphatic rings. The zero-order valence-corrected chi connectivity index (χ0v) is 17.4. The largest absolute Gasteiger partial charge is 0.392 e. The van der Waals surface area contributed by atoms with Crippen LogP contribution in [0.15, 0.2) is 47.4 Å². The zero-order chi connectivity index (χ0) is 19.8. The number of hydrogen-bond donors (Lipinski definition) is 1. The molecule has 2 aromatic rings. The minimum Gasteiger partial charge on any atom is -0.392 e. The normalized spacial score (nSPS) is 13.0. The van der Waals surface area contributed by atoms with Crippen molar-refractivity contribution >= 4 is 9.84 Å². The molecule has 0 aromatic heterocycles. The molecule has 3 nitrogen and oxygen atoms in total. The molecule has 0 amide bonds. The third-order valence-electron chi connectivity index (χ3n) is 4.85. The van der Waals surface area contributed by atoms with Gasteiger partial charge in [-0.3, -0.25) is 0 Å². The third-order valence-corrected chi connectivity index (χ3v) is 6.05. The fraction of sp³-hybridized carbons (Fsp3) is 0.455. The van der Waals surface area contributed by atoms with Crippen molar-refractivity contribution in [3.05, 3.63) is 64.7 Å². The van der Waals surface area contributed by atoms with E-state index in [0.717, 1.165) is 22.3 Å². The van der Waals surface area contributed by atoms with Crippen LogP contribution >= 0.6 is 0 Å². The van der Waals surface area contributed by atoms with Gasteiger partial charge < -0.3 is 5.11 Å². The lowest BCUT2D eigenvalue weighted by Crippen LogP contribution is -2.23. The number of benzene rings is 2. The monoisotopic (exact) mass is 374 g/mol. The van der Waals surface area contributed by atoms with Crippen LogP contribution in [0.3, 0.4) is 0 Å². The molecule has 0 aliphatic carbocycles. The Labute approximate surface area is 158 Å². The van der Waals surface area contributed by atoms with Crippen LogP contribution in [0.4, 0.5) is 0 Å². The molecule has 0 spiro atoms. The molecule has 4 heteroatoms. The molecule has 2 aromatic carbocycles. The van der Waals surface area contributed by atoms with E-state index in [4.69, 9.17) is 0 Å². The first-order chi connectivity index (χ1) is 11.8. The van der Waals surface area contributed by atoms with E-state index in [9.17, 15) is 13.5 Å². The SMILES string of the molecule is CC(C)(C)c1ccc(S(C)(=O)=O)c(CC(C)(C)c2cccc(CO)c2)c1. The van der Waals surface area contributed by atoms with Crippen molar-refractivity contribution in [3.63, 3.8) is 0 Å². The van der Waals surface area contributed by atoms with Crippen LogP contribution in [-0.2, 0) is 33.7 Å². The first-order valence-electron chi connectivity index (χ1n) is 8.88. The van der Waals surface area contributed by atoms with E-state index in [1.807, 2.05) is 36.4 Å². The third kappa shape index (κ3) is 4.74. The van der Waals surface area contributed by atoms with Crippen molar-refractivity contribution in [3.8, 4) is 0 Å². The summed E-state index contributed by atoms with van der Waals surface area (Å²) in [5.41, 5.74) is 3.61. The van der Waals surface area contributed by atoms with Gasteiger partial charge in [0.15, 0.2) is 9.84 Å². The molecule has 0 atom stereocenters. The number of aliphatic hydroxyl groups is 1. The van der Waals surface area contributed by atoms with E-state index in [1.54, 1.807) is 6.07 Å². The fourth-order valence-electron chi connectivity index (χ4n) is 3.21. The Hall–Kier alpha value is -1.65. The van der Waals surface area contributed by atoms with Crippen molar-refractivity contribution in [1.29, 1.82) is 0 Å². The van der Waals surface area contributed by atoms with Gasteiger partial charge in [0.2, 0.25) is 0 Å². The Morgan fingerprint density at radius 3 is 2.12 bits per heavy atom. The van der Waals surface area contributed by atoms with E-state index in [-0.39, 0.29) is 17.4 Å². The second kappa shape index (κ2) is 7.16. The standard InChI is InChI=1S/C22H30O3S/c1-21(2,3)18-10-11-20(26(6,24)25)17(13-18)14-22(4,5)19-9-7-8-16(12-19)15-23/h7-13,23H,14-15H2,1-6H3. The average molecular weight is 375 g/mol. The minimum atomic E-state index is -3.30. The van der Waals surface area contributed by atoms with E-state index < -0.39 is 9.84 Å². The summed E-state index contributed by atoms with van der Waals surface area (Å²) < 4.78 is 24.6. The van der Waals surface area contributed by atoms with Gasteiger partial charge >= 0.3 is 0 Å². The maximum Gasteiger partial charge on any atom is 0.175 e. The lowest BCUT2D eigenvalue weighted by molar-refractivity contribution is 0.281. The van der Waals surface area contributed by atoms with Crippen LogP contribution in [0, 0.1) is 0 Å². The second-order valence-electron chi connectivity index (χ2n) is 8.76. The molecule has 0 bridgehead atoms. The molecule has 142 valence electrons. The summed E-state index contributed by atoms with van der Waals surface area (Å²) >= 11 is 0. The topological polar surface area (TPSA) is 54.4 Å². The number of sulfone groups is 1. The second-order valence-corrected chi connectivity index (χ2v) is 10.7. The van der Waals surface area contributed by atoms with Gasteiger partial charge in [-0.1, -0.05) is 71.0 Å². The van der Waals surface area contributed by atoms with Crippen molar-refractivity contribution in [1.82, 2.24) is 0 Å². The van der Waals surface area contributed by atoms with Gasteiger partial charge in [-0.2, -0.15) is 0 Å². The zero-order valence-electron chi connectivity index (χ0n) is 16.6. The maximum absolute atomic E-state index is 12.3. The summed E-state index contributed by atoms with van der Waals surface area (Å²) in [4.78, 5) is 0.400. The molecule has 0 fully saturated rings. The van der Waals surface area contributed by atoms with Crippen molar-refractivity contribution in [2.45, 2.75) is 63.4 Å². The van der Waals surface area contributed by atoms with Gasteiger partial charge in [-0.25, -0.2) is 8.42 Å². The number of rotatable bonds is 5. The van der Waals surface area contributed by atoms with E-state index in [1.165, 1.54) is 6.26 Å². The first-order valence-corrected chi connectivity index (χ1v) is 10.8. The van der Waals surface area contributed by atoms with Crippen LogP contribution in [0.5, 0.6) is 0 Å². The van der Waals surface area contributed by atoms with Crippen LogP contribution in [0.25, 0.3) is 0 Å². The van der Waals surface area contributed by atoms with Crippen molar-refractivity contribution < 1.29 is 13.5 Å². The number of aliphatic hydroxyl groups excluding tert-OH is 1. The Bertz CT molecular complexity index is 888.